The van der Waals surface area contributed by atoms with Gasteiger partial charge in [-0.05, 0) is 20.8 Å². The molecule has 0 spiro atoms. The molecule has 0 aliphatic carbocycles. The Kier molecular flexibility index (Phi) is 2.70. The first-order valence-corrected chi connectivity index (χ1v) is 6.21. The van der Waals surface area contributed by atoms with Crippen molar-refractivity contribution >= 4 is 28.0 Å². The molecular formula is C9H12N4S2. The quantitative estimate of drug-likeness (QED) is 0.877. The fraction of sp³-hybridized carbons (Fsp3) is 0.444. The predicted octanol–water partition coefficient (Wildman–Crippen LogP) is 2.87. The third-order valence-corrected chi connectivity index (χ3v) is 2.96. The van der Waals surface area contributed by atoms with E-state index >= 15 is 0 Å². The molecule has 0 atom stereocenters. The molecule has 0 bridgehead atoms. The lowest BCUT2D eigenvalue weighted by Crippen LogP contribution is -2.25. The van der Waals surface area contributed by atoms with Crippen LogP contribution in [0.5, 0.6) is 0 Å². The van der Waals surface area contributed by atoms with Crippen molar-refractivity contribution in [3.63, 3.8) is 0 Å². The zero-order valence-electron chi connectivity index (χ0n) is 8.81. The highest BCUT2D eigenvalue weighted by molar-refractivity contribution is 7.13. The Labute approximate surface area is 96.6 Å². The fourth-order valence-electron chi connectivity index (χ4n) is 1.02. The summed E-state index contributed by atoms with van der Waals surface area (Å²) in [6.45, 7) is 6.29. The van der Waals surface area contributed by atoms with Crippen molar-refractivity contribution in [1.29, 1.82) is 0 Å². The van der Waals surface area contributed by atoms with Gasteiger partial charge in [-0.2, -0.15) is 9.36 Å². The van der Waals surface area contributed by atoms with E-state index in [1.807, 2.05) is 0 Å². The second kappa shape index (κ2) is 3.86. The van der Waals surface area contributed by atoms with E-state index in [4.69, 9.17) is 0 Å². The summed E-state index contributed by atoms with van der Waals surface area (Å²) in [5.74, 6) is 0.759. The minimum absolute atomic E-state index is 0.0184. The Balaban J connectivity index is 2.18. The van der Waals surface area contributed by atoms with Crippen molar-refractivity contribution in [1.82, 2.24) is 14.3 Å². The molecule has 0 saturated carbocycles. The van der Waals surface area contributed by atoms with Gasteiger partial charge in [0.15, 0.2) is 5.82 Å². The molecule has 0 amide bonds. The fourth-order valence-corrected chi connectivity index (χ4v) is 2.42. The van der Waals surface area contributed by atoms with Gasteiger partial charge >= 0.3 is 0 Å². The van der Waals surface area contributed by atoms with Crippen LogP contribution in [0.3, 0.4) is 0 Å². The van der Waals surface area contributed by atoms with Crippen LogP contribution in [0.1, 0.15) is 20.8 Å². The van der Waals surface area contributed by atoms with Crippen LogP contribution in [0.15, 0.2) is 11.7 Å². The van der Waals surface area contributed by atoms with Crippen molar-refractivity contribution in [2.24, 2.45) is 0 Å². The minimum atomic E-state index is 0.0184. The molecule has 2 heterocycles. The molecule has 0 radical (unpaired) electrons. The Hall–Kier alpha value is -1.01. The van der Waals surface area contributed by atoms with E-state index in [9.17, 15) is 0 Å². The summed E-state index contributed by atoms with van der Waals surface area (Å²) in [6, 6.07) is 0. The van der Waals surface area contributed by atoms with Gasteiger partial charge in [0.05, 0.1) is 10.4 Å². The molecule has 6 heteroatoms. The van der Waals surface area contributed by atoms with E-state index in [0.29, 0.717) is 0 Å². The lowest BCUT2D eigenvalue weighted by atomic mass is 10.1. The van der Waals surface area contributed by atoms with Crippen LogP contribution in [0.2, 0.25) is 0 Å². The summed E-state index contributed by atoms with van der Waals surface area (Å²) in [4.78, 5) is 9.42. The van der Waals surface area contributed by atoms with Gasteiger partial charge in [-0.3, -0.25) is 4.98 Å². The predicted molar refractivity (Wildman–Crippen MR) is 64.4 cm³/mol. The van der Waals surface area contributed by atoms with Gasteiger partial charge in [0.25, 0.3) is 0 Å². The van der Waals surface area contributed by atoms with Crippen LogP contribution in [0, 0.1) is 0 Å². The minimum Gasteiger partial charge on any atom is -0.356 e. The number of aromatic nitrogens is 3. The highest BCUT2D eigenvalue weighted by atomic mass is 32.1. The number of hydrogen-bond donors (Lipinski definition) is 1. The van der Waals surface area contributed by atoms with Crippen LogP contribution < -0.4 is 5.32 Å². The molecule has 2 rings (SSSR count). The lowest BCUT2D eigenvalue weighted by molar-refractivity contribution is 0.633. The number of nitrogens with zero attached hydrogens (tertiary/aromatic N) is 3. The summed E-state index contributed by atoms with van der Waals surface area (Å²) >= 11 is 2.93. The molecule has 2 aromatic rings. The van der Waals surface area contributed by atoms with Crippen LogP contribution in [0.25, 0.3) is 10.7 Å². The third kappa shape index (κ3) is 2.73. The van der Waals surface area contributed by atoms with Gasteiger partial charge < -0.3 is 5.32 Å². The van der Waals surface area contributed by atoms with E-state index in [1.54, 1.807) is 23.0 Å². The van der Waals surface area contributed by atoms with E-state index < -0.39 is 0 Å². The Morgan fingerprint density at radius 2 is 2.13 bits per heavy atom. The maximum absolute atomic E-state index is 4.40. The van der Waals surface area contributed by atoms with Crippen molar-refractivity contribution in [3.8, 4) is 10.7 Å². The molecule has 0 fully saturated rings. The van der Waals surface area contributed by atoms with Crippen LogP contribution in [-0.2, 0) is 0 Å². The average Bonchev–Trinajstić information content (AvgIpc) is 2.68. The largest absolute Gasteiger partial charge is 0.356 e. The zero-order valence-corrected chi connectivity index (χ0v) is 10.4. The molecule has 0 aromatic carbocycles. The first kappa shape index (κ1) is 10.5. The third-order valence-electron chi connectivity index (χ3n) is 1.56. The van der Waals surface area contributed by atoms with Crippen molar-refractivity contribution in [3.05, 3.63) is 11.7 Å². The molecular weight excluding hydrogens is 228 g/mol. The standard InChI is InChI=1S/C9H12N4S2/c1-9(2,3)12-8-11-7(13-15-8)6-4-10-5-14-6/h4-5H,1-3H3,(H,11,12,13). The highest BCUT2D eigenvalue weighted by Crippen LogP contribution is 2.25. The van der Waals surface area contributed by atoms with E-state index in [0.717, 1.165) is 15.8 Å². The molecule has 2 aromatic heterocycles. The number of hydrogen-bond acceptors (Lipinski definition) is 6. The number of nitrogens with one attached hydrogen (secondary N) is 1. The van der Waals surface area contributed by atoms with Crippen molar-refractivity contribution in [2.75, 3.05) is 5.32 Å². The molecule has 0 saturated heterocycles. The molecule has 0 aliphatic rings. The Bertz CT molecular complexity index is 427. The first-order chi connectivity index (χ1) is 7.04. The van der Waals surface area contributed by atoms with Gasteiger partial charge in [-0.15, -0.1) is 11.3 Å². The molecule has 0 unspecified atom stereocenters. The van der Waals surface area contributed by atoms with Crippen LogP contribution >= 0.6 is 22.9 Å². The summed E-state index contributed by atoms with van der Waals surface area (Å²) in [7, 11) is 0. The highest BCUT2D eigenvalue weighted by Gasteiger charge is 2.13. The Morgan fingerprint density at radius 1 is 1.33 bits per heavy atom. The van der Waals surface area contributed by atoms with E-state index in [2.05, 4.69) is 40.4 Å². The first-order valence-electron chi connectivity index (χ1n) is 4.55. The van der Waals surface area contributed by atoms with Crippen LogP contribution in [0.4, 0.5) is 5.13 Å². The molecule has 1 N–H and O–H groups in total. The summed E-state index contributed by atoms with van der Waals surface area (Å²) in [6.07, 6.45) is 1.79. The normalized spacial score (nSPS) is 11.7. The summed E-state index contributed by atoms with van der Waals surface area (Å²) in [5.41, 5.74) is 1.80. The molecule has 80 valence electrons. The SMILES string of the molecule is CC(C)(C)Nc1nc(-c2cncs2)ns1. The summed E-state index contributed by atoms with van der Waals surface area (Å²) in [5, 5.41) is 4.15. The number of rotatable bonds is 2. The lowest BCUT2D eigenvalue weighted by Gasteiger charge is -2.18. The van der Waals surface area contributed by atoms with E-state index in [1.165, 1.54) is 11.5 Å². The van der Waals surface area contributed by atoms with Gasteiger partial charge in [0.1, 0.15) is 0 Å². The second-order valence-electron chi connectivity index (χ2n) is 4.16. The molecule has 4 nitrogen and oxygen atoms in total. The van der Waals surface area contributed by atoms with Gasteiger partial charge in [0.2, 0.25) is 5.13 Å². The zero-order chi connectivity index (χ0) is 10.9. The second-order valence-corrected chi connectivity index (χ2v) is 5.80. The Morgan fingerprint density at radius 3 is 2.73 bits per heavy atom. The van der Waals surface area contributed by atoms with Gasteiger partial charge in [0, 0.05) is 23.3 Å². The van der Waals surface area contributed by atoms with Gasteiger partial charge in [-0.25, -0.2) is 0 Å². The van der Waals surface area contributed by atoms with Crippen LogP contribution in [-0.4, -0.2) is 19.9 Å². The van der Waals surface area contributed by atoms with Gasteiger partial charge in [-0.1, -0.05) is 0 Å². The monoisotopic (exact) mass is 240 g/mol. The number of thiazole rings is 1. The smallest absolute Gasteiger partial charge is 0.203 e. The molecule has 0 aliphatic heterocycles. The maximum Gasteiger partial charge on any atom is 0.203 e. The van der Waals surface area contributed by atoms with Crippen molar-refractivity contribution < 1.29 is 0 Å². The molecule has 15 heavy (non-hydrogen) atoms. The maximum atomic E-state index is 4.40. The number of anilines is 1. The average molecular weight is 240 g/mol. The topological polar surface area (TPSA) is 50.7 Å². The van der Waals surface area contributed by atoms with Crippen molar-refractivity contribution in [2.45, 2.75) is 26.3 Å². The van der Waals surface area contributed by atoms with E-state index in [-0.39, 0.29) is 5.54 Å². The summed E-state index contributed by atoms with van der Waals surface area (Å²) < 4.78 is 4.28.